The molecule has 0 bridgehead atoms. The van der Waals surface area contributed by atoms with Gasteiger partial charge in [-0.05, 0) is 19.8 Å². The summed E-state index contributed by atoms with van der Waals surface area (Å²) in [5, 5.41) is 0. The second kappa shape index (κ2) is 6.67. The SMILES string of the molecule is CCOC(=O)N(COC)C1CCCCC1. The smallest absolute Gasteiger partial charge is 0.411 e. The first-order chi connectivity index (χ1) is 7.29. The van der Waals surface area contributed by atoms with Crippen molar-refractivity contribution in [2.24, 2.45) is 0 Å². The first-order valence-electron chi connectivity index (χ1n) is 5.72. The van der Waals surface area contributed by atoms with Gasteiger partial charge in [-0.25, -0.2) is 4.79 Å². The van der Waals surface area contributed by atoms with Crippen molar-refractivity contribution in [2.75, 3.05) is 20.4 Å². The molecule has 1 rings (SSSR count). The number of carbonyl (C=O) groups is 1. The zero-order valence-corrected chi connectivity index (χ0v) is 9.70. The van der Waals surface area contributed by atoms with E-state index >= 15 is 0 Å². The predicted octanol–water partition coefficient (Wildman–Crippen LogP) is 2.38. The number of carbonyl (C=O) groups excluding carboxylic acids is 1. The quantitative estimate of drug-likeness (QED) is 0.676. The third kappa shape index (κ3) is 3.70. The molecule has 0 aromatic rings. The Morgan fingerprint density at radius 1 is 1.33 bits per heavy atom. The van der Waals surface area contributed by atoms with Crippen LogP contribution in [0.3, 0.4) is 0 Å². The molecule has 4 nitrogen and oxygen atoms in total. The average molecular weight is 215 g/mol. The Kier molecular flexibility index (Phi) is 5.47. The highest BCUT2D eigenvalue weighted by Gasteiger charge is 2.25. The Morgan fingerprint density at radius 3 is 2.53 bits per heavy atom. The molecule has 0 N–H and O–H groups in total. The van der Waals surface area contributed by atoms with Crippen molar-refractivity contribution in [3.05, 3.63) is 0 Å². The summed E-state index contributed by atoms with van der Waals surface area (Å²) in [4.78, 5) is 13.4. The summed E-state index contributed by atoms with van der Waals surface area (Å²) >= 11 is 0. The molecule has 0 aliphatic heterocycles. The second-order valence-electron chi connectivity index (χ2n) is 3.88. The fourth-order valence-electron chi connectivity index (χ4n) is 2.05. The van der Waals surface area contributed by atoms with Gasteiger partial charge in [0.2, 0.25) is 0 Å². The summed E-state index contributed by atoms with van der Waals surface area (Å²) in [6.45, 7) is 2.58. The number of hydrogen-bond acceptors (Lipinski definition) is 3. The molecule has 1 aliphatic carbocycles. The maximum absolute atomic E-state index is 11.7. The molecular weight excluding hydrogens is 194 g/mol. The lowest BCUT2D eigenvalue weighted by Crippen LogP contribution is -2.42. The lowest BCUT2D eigenvalue weighted by molar-refractivity contribution is 0.0138. The number of rotatable bonds is 4. The molecule has 1 aliphatic rings. The molecule has 0 aromatic heterocycles. The second-order valence-corrected chi connectivity index (χ2v) is 3.88. The molecule has 0 saturated heterocycles. The van der Waals surface area contributed by atoms with Crippen molar-refractivity contribution in [3.63, 3.8) is 0 Å². The average Bonchev–Trinajstić information content (AvgIpc) is 2.27. The molecule has 0 radical (unpaired) electrons. The molecule has 0 atom stereocenters. The van der Waals surface area contributed by atoms with E-state index in [0.717, 1.165) is 12.8 Å². The summed E-state index contributed by atoms with van der Waals surface area (Å²) < 4.78 is 10.1. The van der Waals surface area contributed by atoms with Crippen molar-refractivity contribution in [1.29, 1.82) is 0 Å². The van der Waals surface area contributed by atoms with Crippen LogP contribution >= 0.6 is 0 Å². The van der Waals surface area contributed by atoms with Gasteiger partial charge in [-0.2, -0.15) is 0 Å². The molecule has 15 heavy (non-hydrogen) atoms. The zero-order valence-electron chi connectivity index (χ0n) is 9.70. The number of hydrogen-bond donors (Lipinski definition) is 0. The van der Waals surface area contributed by atoms with E-state index in [4.69, 9.17) is 9.47 Å². The first-order valence-corrected chi connectivity index (χ1v) is 5.72. The van der Waals surface area contributed by atoms with Crippen LogP contribution in [0.25, 0.3) is 0 Å². The molecule has 0 spiro atoms. The van der Waals surface area contributed by atoms with Crippen LogP contribution in [0, 0.1) is 0 Å². The Bertz CT molecular complexity index is 190. The van der Waals surface area contributed by atoms with Crippen LogP contribution in [-0.4, -0.2) is 37.5 Å². The van der Waals surface area contributed by atoms with Crippen molar-refractivity contribution in [3.8, 4) is 0 Å². The van der Waals surface area contributed by atoms with E-state index in [1.807, 2.05) is 6.92 Å². The van der Waals surface area contributed by atoms with Crippen molar-refractivity contribution >= 4 is 6.09 Å². The number of methoxy groups -OCH3 is 1. The van der Waals surface area contributed by atoms with Gasteiger partial charge < -0.3 is 9.47 Å². The lowest BCUT2D eigenvalue weighted by Gasteiger charge is -2.32. The molecular formula is C11H21NO3. The Morgan fingerprint density at radius 2 is 2.00 bits per heavy atom. The summed E-state index contributed by atoms with van der Waals surface area (Å²) in [7, 11) is 1.61. The van der Waals surface area contributed by atoms with Crippen molar-refractivity contribution in [2.45, 2.75) is 45.1 Å². The van der Waals surface area contributed by atoms with Crippen molar-refractivity contribution < 1.29 is 14.3 Å². The van der Waals surface area contributed by atoms with E-state index < -0.39 is 0 Å². The number of nitrogens with zero attached hydrogens (tertiary/aromatic N) is 1. The lowest BCUT2D eigenvalue weighted by atomic mass is 9.95. The predicted molar refractivity (Wildman–Crippen MR) is 57.6 cm³/mol. The standard InChI is InChI=1S/C11H21NO3/c1-3-15-11(13)12(9-14-2)10-7-5-4-6-8-10/h10H,3-9H2,1-2H3. The topological polar surface area (TPSA) is 38.8 Å². The van der Waals surface area contributed by atoms with E-state index in [0.29, 0.717) is 19.4 Å². The minimum absolute atomic E-state index is 0.244. The van der Waals surface area contributed by atoms with Gasteiger partial charge in [-0.3, -0.25) is 4.90 Å². The van der Waals surface area contributed by atoms with Crippen LogP contribution < -0.4 is 0 Å². The summed E-state index contributed by atoms with van der Waals surface area (Å²) in [5.41, 5.74) is 0. The van der Waals surface area contributed by atoms with Crippen LogP contribution in [-0.2, 0) is 9.47 Å². The largest absolute Gasteiger partial charge is 0.450 e. The first kappa shape index (κ1) is 12.3. The maximum Gasteiger partial charge on any atom is 0.411 e. The Hall–Kier alpha value is -0.770. The van der Waals surface area contributed by atoms with Gasteiger partial charge in [-0.1, -0.05) is 19.3 Å². The van der Waals surface area contributed by atoms with Gasteiger partial charge in [0, 0.05) is 13.2 Å². The molecule has 0 unspecified atom stereocenters. The maximum atomic E-state index is 11.7. The van der Waals surface area contributed by atoms with E-state index in [2.05, 4.69) is 0 Å². The summed E-state index contributed by atoms with van der Waals surface area (Å²) in [5.74, 6) is 0. The van der Waals surface area contributed by atoms with Gasteiger partial charge in [0.1, 0.15) is 6.73 Å². The minimum Gasteiger partial charge on any atom is -0.450 e. The van der Waals surface area contributed by atoms with Crippen LogP contribution in [0.1, 0.15) is 39.0 Å². The van der Waals surface area contributed by atoms with E-state index in [-0.39, 0.29) is 6.09 Å². The van der Waals surface area contributed by atoms with Gasteiger partial charge in [0.25, 0.3) is 0 Å². The molecule has 0 aromatic carbocycles. The van der Waals surface area contributed by atoms with Crippen LogP contribution in [0.2, 0.25) is 0 Å². The third-order valence-electron chi connectivity index (χ3n) is 2.79. The van der Waals surface area contributed by atoms with Gasteiger partial charge >= 0.3 is 6.09 Å². The van der Waals surface area contributed by atoms with Crippen molar-refractivity contribution in [1.82, 2.24) is 4.90 Å². The van der Waals surface area contributed by atoms with Gasteiger partial charge in [0.15, 0.2) is 0 Å². The van der Waals surface area contributed by atoms with E-state index in [9.17, 15) is 4.79 Å². The summed E-state index contributed by atoms with van der Waals surface area (Å²) in [6, 6.07) is 0.303. The number of ether oxygens (including phenoxy) is 2. The van der Waals surface area contributed by atoms with Crippen LogP contribution in [0.5, 0.6) is 0 Å². The van der Waals surface area contributed by atoms with Gasteiger partial charge in [-0.15, -0.1) is 0 Å². The zero-order chi connectivity index (χ0) is 11.1. The highest BCUT2D eigenvalue weighted by Crippen LogP contribution is 2.22. The Labute approximate surface area is 91.5 Å². The molecule has 1 saturated carbocycles. The molecule has 88 valence electrons. The number of amides is 1. The summed E-state index contributed by atoms with van der Waals surface area (Å²) in [6.07, 6.45) is 5.57. The molecule has 1 amide bonds. The van der Waals surface area contributed by atoms with Crippen LogP contribution in [0.4, 0.5) is 4.79 Å². The van der Waals surface area contributed by atoms with Gasteiger partial charge in [0.05, 0.1) is 6.61 Å². The minimum atomic E-state index is -0.244. The third-order valence-corrected chi connectivity index (χ3v) is 2.79. The highest BCUT2D eigenvalue weighted by molar-refractivity contribution is 5.67. The van der Waals surface area contributed by atoms with E-state index in [1.54, 1.807) is 12.0 Å². The monoisotopic (exact) mass is 215 g/mol. The fourth-order valence-corrected chi connectivity index (χ4v) is 2.05. The molecule has 1 fully saturated rings. The van der Waals surface area contributed by atoms with E-state index in [1.165, 1.54) is 19.3 Å². The Balaban J connectivity index is 2.50. The molecule has 4 heteroatoms. The van der Waals surface area contributed by atoms with Crippen LogP contribution in [0.15, 0.2) is 0 Å². The normalized spacial score (nSPS) is 17.5. The molecule has 0 heterocycles. The fraction of sp³-hybridized carbons (Fsp3) is 0.909. The highest BCUT2D eigenvalue weighted by atomic mass is 16.6.